The average Bonchev–Trinajstić information content (AvgIpc) is 2.18. The van der Waals surface area contributed by atoms with Crippen LogP contribution < -0.4 is 10.6 Å². The van der Waals surface area contributed by atoms with Crippen molar-refractivity contribution in [1.29, 1.82) is 0 Å². The predicted molar refractivity (Wildman–Crippen MR) is 69.3 cm³/mol. The molecule has 2 nitrogen and oxygen atoms in total. The molecule has 2 heteroatoms. The average molecular weight is 214 g/mol. The second-order valence-corrected chi connectivity index (χ2v) is 4.97. The van der Waals surface area contributed by atoms with E-state index in [4.69, 9.17) is 0 Å². The van der Waals surface area contributed by atoms with E-state index in [1.807, 2.05) is 7.05 Å². The van der Waals surface area contributed by atoms with Crippen LogP contribution in [-0.2, 0) is 0 Å². The van der Waals surface area contributed by atoms with Gasteiger partial charge in [0.25, 0.3) is 0 Å². The van der Waals surface area contributed by atoms with Crippen molar-refractivity contribution < 1.29 is 0 Å². The molecule has 0 saturated heterocycles. The minimum Gasteiger partial charge on any atom is -0.319 e. The van der Waals surface area contributed by atoms with Crippen molar-refractivity contribution in [1.82, 2.24) is 10.6 Å². The van der Waals surface area contributed by atoms with E-state index < -0.39 is 0 Å². The van der Waals surface area contributed by atoms with E-state index in [2.05, 4.69) is 38.3 Å². The molecule has 0 bridgehead atoms. The second-order valence-electron chi connectivity index (χ2n) is 4.97. The lowest BCUT2D eigenvalue weighted by Crippen LogP contribution is -2.34. The fraction of sp³-hybridized carbons (Fsp3) is 1.00. The maximum atomic E-state index is 3.62. The molecule has 0 heterocycles. The van der Waals surface area contributed by atoms with Crippen molar-refractivity contribution in [2.75, 3.05) is 13.6 Å². The van der Waals surface area contributed by atoms with E-state index in [9.17, 15) is 0 Å². The molecule has 0 spiro atoms. The smallest absolute Gasteiger partial charge is 0.00412 e. The summed E-state index contributed by atoms with van der Waals surface area (Å²) in [6.07, 6.45) is 5.21. The van der Waals surface area contributed by atoms with Gasteiger partial charge in [0, 0.05) is 12.1 Å². The molecule has 0 fully saturated rings. The highest BCUT2D eigenvalue weighted by atomic mass is 14.9. The van der Waals surface area contributed by atoms with Gasteiger partial charge in [-0.2, -0.15) is 0 Å². The fourth-order valence-corrected chi connectivity index (χ4v) is 1.91. The van der Waals surface area contributed by atoms with Crippen molar-refractivity contribution in [3.8, 4) is 0 Å². The second kappa shape index (κ2) is 9.17. The molecule has 0 aromatic rings. The van der Waals surface area contributed by atoms with Crippen LogP contribution in [-0.4, -0.2) is 25.7 Å². The summed E-state index contributed by atoms with van der Waals surface area (Å²) in [4.78, 5) is 0. The summed E-state index contributed by atoms with van der Waals surface area (Å²) in [5.41, 5.74) is 0. The maximum Gasteiger partial charge on any atom is 0.00412 e. The molecule has 3 unspecified atom stereocenters. The molecule has 0 radical (unpaired) electrons. The zero-order valence-corrected chi connectivity index (χ0v) is 11.3. The Hall–Kier alpha value is -0.0800. The zero-order valence-electron chi connectivity index (χ0n) is 11.3. The zero-order chi connectivity index (χ0) is 11.7. The first-order valence-corrected chi connectivity index (χ1v) is 6.50. The van der Waals surface area contributed by atoms with Crippen LogP contribution in [0.4, 0.5) is 0 Å². The first-order chi connectivity index (χ1) is 7.10. The highest BCUT2D eigenvalue weighted by Crippen LogP contribution is 2.09. The topological polar surface area (TPSA) is 24.1 Å². The third kappa shape index (κ3) is 8.88. The molecule has 0 amide bonds. The minimum absolute atomic E-state index is 0.662. The fourth-order valence-electron chi connectivity index (χ4n) is 1.91. The van der Waals surface area contributed by atoms with Gasteiger partial charge in [-0.3, -0.25) is 0 Å². The molecular weight excluding hydrogens is 184 g/mol. The molecule has 0 aliphatic carbocycles. The van der Waals surface area contributed by atoms with E-state index in [1.54, 1.807) is 0 Å². The lowest BCUT2D eigenvalue weighted by Gasteiger charge is -2.19. The lowest BCUT2D eigenvalue weighted by molar-refractivity contribution is 0.402. The summed E-state index contributed by atoms with van der Waals surface area (Å²) in [5, 5.41) is 6.85. The summed E-state index contributed by atoms with van der Waals surface area (Å²) in [5.74, 6) is 0.811. The molecule has 0 aliphatic heterocycles. The third-order valence-electron chi connectivity index (χ3n) is 3.07. The lowest BCUT2D eigenvalue weighted by atomic mass is 10.0. The molecular formula is C13H30N2. The Kier molecular flexibility index (Phi) is 9.12. The van der Waals surface area contributed by atoms with Gasteiger partial charge in [-0.1, -0.05) is 20.3 Å². The van der Waals surface area contributed by atoms with Crippen LogP contribution in [0.5, 0.6) is 0 Å². The van der Waals surface area contributed by atoms with E-state index in [0.29, 0.717) is 12.1 Å². The van der Waals surface area contributed by atoms with Gasteiger partial charge in [0.2, 0.25) is 0 Å². The van der Waals surface area contributed by atoms with Crippen molar-refractivity contribution in [2.45, 2.75) is 65.5 Å². The van der Waals surface area contributed by atoms with Gasteiger partial charge in [0.05, 0.1) is 0 Å². The van der Waals surface area contributed by atoms with Gasteiger partial charge in [-0.15, -0.1) is 0 Å². The van der Waals surface area contributed by atoms with Crippen LogP contribution in [0, 0.1) is 5.92 Å². The SMILES string of the molecule is CCC(C)NC(C)CCCC(C)CNC. The van der Waals surface area contributed by atoms with Gasteiger partial charge in [-0.25, -0.2) is 0 Å². The van der Waals surface area contributed by atoms with Gasteiger partial charge in [0.15, 0.2) is 0 Å². The van der Waals surface area contributed by atoms with Crippen LogP contribution in [0.2, 0.25) is 0 Å². The highest BCUT2D eigenvalue weighted by Gasteiger charge is 2.06. The monoisotopic (exact) mass is 214 g/mol. The van der Waals surface area contributed by atoms with Crippen LogP contribution in [0.15, 0.2) is 0 Å². The highest BCUT2D eigenvalue weighted by molar-refractivity contribution is 4.67. The Balaban J connectivity index is 3.41. The Morgan fingerprint density at radius 1 is 1.00 bits per heavy atom. The van der Waals surface area contributed by atoms with Gasteiger partial charge < -0.3 is 10.6 Å². The normalized spacial score (nSPS) is 17.4. The first kappa shape index (κ1) is 14.9. The summed E-state index contributed by atoms with van der Waals surface area (Å²) in [7, 11) is 2.03. The van der Waals surface area contributed by atoms with Crippen LogP contribution in [0.25, 0.3) is 0 Å². The summed E-state index contributed by atoms with van der Waals surface area (Å²) in [6.45, 7) is 10.3. The number of hydrogen-bond acceptors (Lipinski definition) is 2. The summed E-state index contributed by atoms with van der Waals surface area (Å²) < 4.78 is 0. The Morgan fingerprint density at radius 3 is 2.20 bits per heavy atom. The van der Waals surface area contributed by atoms with E-state index >= 15 is 0 Å². The van der Waals surface area contributed by atoms with Gasteiger partial charge in [0.1, 0.15) is 0 Å². The van der Waals surface area contributed by atoms with Crippen LogP contribution in [0.1, 0.15) is 53.4 Å². The molecule has 0 aromatic carbocycles. The van der Waals surface area contributed by atoms with Crippen LogP contribution in [0.3, 0.4) is 0 Å². The first-order valence-electron chi connectivity index (χ1n) is 6.50. The van der Waals surface area contributed by atoms with Crippen molar-refractivity contribution in [2.24, 2.45) is 5.92 Å². The predicted octanol–water partition coefficient (Wildman–Crippen LogP) is 2.79. The molecule has 15 heavy (non-hydrogen) atoms. The molecule has 0 saturated carbocycles. The van der Waals surface area contributed by atoms with Crippen molar-refractivity contribution in [3.63, 3.8) is 0 Å². The van der Waals surface area contributed by atoms with Crippen LogP contribution >= 0.6 is 0 Å². The molecule has 0 aliphatic rings. The Labute approximate surface area is 96.2 Å². The third-order valence-corrected chi connectivity index (χ3v) is 3.07. The number of hydrogen-bond donors (Lipinski definition) is 2. The van der Waals surface area contributed by atoms with Gasteiger partial charge >= 0.3 is 0 Å². The van der Waals surface area contributed by atoms with E-state index in [1.165, 1.54) is 25.7 Å². The number of rotatable bonds is 9. The molecule has 3 atom stereocenters. The Morgan fingerprint density at radius 2 is 1.67 bits per heavy atom. The minimum atomic E-state index is 0.662. The molecule has 2 N–H and O–H groups in total. The standard InChI is InChI=1S/C13H30N2/c1-6-12(3)15-13(4)9-7-8-11(2)10-14-5/h11-15H,6-10H2,1-5H3. The van der Waals surface area contributed by atoms with Crippen molar-refractivity contribution in [3.05, 3.63) is 0 Å². The maximum absolute atomic E-state index is 3.62. The van der Waals surface area contributed by atoms with Gasteiger partial charge in [-0.05, 0) is 52.6 Å². The summed E-state index contributed by atoms with van der Waals surface area (Å²) in [6, 6.07) is 1.33. The largest absolute Gasteiger partial charge is 0.319 e. The molecule has 92 valence electrons. The van der Waals surface area contributed by atoms with Crippen molar-refractivity contribution >= 4 is 0 Å². The molecule has 0 rings (SSSR count). The number of nitrogens with one attached hydrogen (secondary N) is 2. The summed E-state index contributed by atoms with van der Waals surface area (Å²) >= 11 is 0. The quantitative estimate of drug-likeness (QED) is 0.617. The Bertz CT molecular complexity index is 136. The van der Waals surface area contributed by atoms with E-state index in [-0.39, 0.29) is 0 Å². The van der Waals surface area contributed by atoms with E-state index in [0.717, 1.165) is 12.5 Å². The molecule has 0 aromatic heterocycles.